The molecule has 2 rings (SSSR count). The van der Waals surface area contributed by atoms with Crippen LogP contribution in [0.4, 0.5) is 0 Å². The van der Waals surface area contributed by atoms with Crippen molar-refractivity contribution >= 4 is 5.91 Å². The lowest BCUT2D eigenvalue weighted by atomic mass is 9.97. The van der Waals surface area contributed by atoms with Gasteiger partial charge in [-0.25, -0.2) is 0 Å². The molecule has 0 aromatic rings. The van der Waals surface area contributed by atoms with Crippen LogP contribution in [-0.4, -0.2) is 140 Å². The number of aliphatic hydroxyl groups excluding tert-OH is 8. The Labute approximate surface area is 512 Å². The molecule has 480 valence electrons. The van der Waals surface area contributed by atoms with Gasteiger partial charge in [0.1, 0.15) is 48.8 Å². The van der Waals surface area contributed by atoms with E-state index in [1.54, 1.807) is 6.08 Å². The van der Waals surface area contributed by atoms with Crippen molar-refractivity contribution in [3.8, 4) is 0 Å². The number of aliphatic hydroxyl groups is 8. The lowest BCUT2D eigenvalue weighted by Gasteiger charge is -2.46. The Morgan fingerprint density at radius 3 is 1.29 bits per heavy atom. The first-order chi connectivity index (χ1) is 41.6. The van der Waals surface area contributed by atoms with Crippen LogP contribution in [0.5, 0.6) is 0 Å². The second kappa shape index (κ2) is 53.8. The van der Waals surface area contributed by atoms with Crippen molar-refractivity contribution in [2.45, 2.75) is 261 Å². The highest BCUT2D eigenvalue weighted by molar-refractivity contribution is 5.76. The van der Waals surface area contributed by atoms with E-state index in [1.807, 2.05) is 6.08 Å². The molecule has 0 aromatic carbocycles. The van der Waals surface area contributed by atoms with Crippen LogP contribution in [-0.2, 0) is 23.7 Å². The molecule has 1 amide bonds. The van der Waals surface area contributed by atoms with Gasteiger partial charge in [0.15, 0.2) is 12.6 Å². The number of carbonyl (C=O) groups excluding carboxylic acids is 1. The number of unbranched alkanes of at least 4 members (excludes halogenated alkanes) is 12. The maximum Gasteiger partial charge on any atom is 0.220 e. The third kappa shape index (κ3) is 38.5. The van der Waals surface area contributed by atoms with E-state index in [4.69, 9.17) is 18.9 Å². The van der Waals surface area contributed by atoms with Crippen LogP contribution >= 0.6 is 0 Å². The van der Waals surface area contributed by atoms with Crippen LogP contribution in [0, 0.1) is 0 Å². The summed E-state index contributed by atoms with van der Waals surface area (Å²) in [5, 5.41) is 87.1. The standard InChI is InChI=1S/C71H113NO13/c1-3-5-7-9-11-13-15-17-19-21-23-24-25-26-27-28-29-30-31-32-33-34-35-36-37-39-41-43-45-47-49-51-53-55-63(76)72-59(60(75)54-52-50-48-46-44-42-40-38-22-20-18-16-14-12-10-8-6-4-2)58-82-70-68(81)66(79)69(62(57-74)84-70)85-71-67(80)65(78)64(77)61(56-73)83-71/h5,7,11,13,17,19,22-24,26-27,29-30,32-33,35-36,38-39,41,44-47,52,54,59-62,64-71,73-75,77-81H,3-4,6,8-10,12,14-16,18,20-21,25,28,31,34,37,40,42-43,48-51,53,55-58H2,1-2H3,(H,72,76)/b7-5-,13-11-,19-17-,24-23-,27-26-,30-29-,33-32-,36-35-,38-22+,41-39-,46-44+,47-45-,54-52+. The van der Waals surface area contributed by atoms with Gasteiger partial charge in [-0.1, -0.05) is 217 Å². The van der Waals surface area contributed by atoms with Gasteiger partial charge in [0.25, 0.3) is 0 Å². The Kier molecular flexibility index (Phi) is 48.6. The molecule has 14 heteroatoms. The van der Waals surface area contributed by atoms with Gasteiger partial charge in [-0.05, 0) is 122 Å². The summed E-state index contributed by atoms with van der Waals surface area (Å²) in [5.41, 5.74) is 0. The Morgan fingerprint density at radius 1 is 0.435 bits per heavy atom. The van der Waals surface area contributed by atoms with E-state index in [2.05, 4.69) is 165 Å². The molecule has 0 aromatic heterocycles. The van der Waals surface area contributed by atoms with Crippen molar-refractivity contribution in [2.24, 2.45) is 0 Å². The molecule has 85 heavy (non-hydrogen) atoms. The molecule has 0 saturated carbocycles. The van der Waals surface area contributed by atoms with Crippen molar-refractivity contribution in [3.05, 3.63) is 158 Å². The summed E-state index contributed by atoms with van der Waals surface area (Å²) in [6, 6.07) is -0.975. The van der Waals surface area contributed by atoms with E-state index in [0.717, 1.165) is 103 Å². The predicted octanol–water partition coefficient (Wildman–Crippen LogP) is 12.3. The summed E-state index contributed by atoms with van der Waals surface area (Å²) in [6.45, 7) is 2.60. The zero-order chi connectivity index (χ0) is 61.6. The minimum absolute atomic E-state index is 0.203. The van der Waals surface area contributed by atoms with Gasteiger partial charge in [-0.3, -0.25) is 4.79 Å². The third-order valence-electron chi connectivity index (χ3n) is 14.4. The highest BCUT2D eigenvalue weighted by Crippen LogP contribution is 2.30. The van der Waals surface area contributed by atoms with Crippen molar-refractivity contribution in [2.75, 3.05) is 19.8 Å². The molecular weight excluding hydrogens is 1070 g/mol. The fourth-order valence-corrected chi connectivity index (χ4v) is 9.29. The van der Waals surface area contributed by atoms with E-state index in [-0.39, 0.29) is 18.9 Å². The van der Waals surface area contributed by atoms with Crippen LogP contribution in [0.25, 0.3) is 0 Å². The highest BCUT2D eigenvalue weighted by atomic mass is 16.7. The van der Waals surface area contributed by atoms with Crippen LogP contribution < -0.4 is 5.32 Å². The van der Waals surface area contributed by atoms with Gasteiger partial charge in [0.2, 0.25) is 5.91 Å². The van der Waals surface area contributed by atoms with Gasteiger partial charge in [-0.2, -0.15) is 0 Å². The van der Waals surface area contributed by atoms with E-state index >= 15 is 0 Å². The molecule has 9 N–H and O–H groups in total. The summed E-state index contributed by atoms with van der Waals surface area (Å²) in [5.74, 6) is -0.303. The Hall–Kier alpha value is -4.39. The summed E-state index contributed by atoms with van der Waals surface area (Å²) < 4.78 is 22.7. The smallest absolute Gasteiger partial charge is 0.220 e. The van der Waals surface area contributed by atoms with Gasteiger partial charge in [0, 0.05) is 6.42 Å². The monoisotopic (exact) mass is 1190 g/mol. The molecule has 0 radical (unpaired) electrons. The molecule has 2 aliphatic rings. The number of carbonyl (C=O) groups is 1. The van der Waals surface area contributed by atoms with E-state index in [9.17, 15) is 45.6 Å². The number of hydrogen-bond donors (Lipinski definition) is 9. The molecule has 0 aliphatic carbocycles. The second-order valence-corrected chi connectivity index (χ2v) is 21.8. The molecule has 12 unspecified atom stereocenters. The molecular formula is C71H113NO13. The summed E-state index contributed by atoms with van der Waals surface area (Å²) in [4.78, 5) is 13.3. The molecule has 0 bridgehead atoms. The first-order valence-electron chi connectivity index (χ1n) is 32.2. The van der Waals surface area contributed by atoms with Crippen molar-refractivity contribution in [1.82, 2.24) is 5.32 Å². The summed E-state index contributed by atoms with van der Waals surface area (Å²) in [7, 11) is 0. The Morgan fingerprint density at radius 2 is 0.824 bits per heavy atom. The maximum absolute atomic E-state index is 13.3. The van der Waals surface area contributed by atoms with E-state index in [1.165, 1.54) is 51.4 Å². The predicted molar refractivity (Wildman–Crippen MR) is 345 cm³/mol. The first kappa shape index (κ1) is 76.7. The molecule has 2 saturated heterocycles. The topological polar surface area (TPSA) is 228 Å². The van der Waals surface area contributed by atoms with Gasteiger partial charge in [-0.15, -0.1) is 0 Å². The average Bonchev–Trinajstić information content (AvgIpc) is 3.29. The first-order valence-corrected chi connectivity index (χ1v) is 32.2. The number of allylic oxidation sites excluding steroid dienone is 25. The number of rotatable bonds is 49. The van der Waals surface area contributed by atoms with Crippen molar-refractivity contribution in [1.29, 1.82) is 0 Å². The van der Waals surface area contributed by atoms with E-state index in [0.29, 0.717) is 12.8 Å². The third-order valence-corrected chi connectivity index (χ3v) is 14.4. The molecule has 14 nitrogen and oxygen atoms in total. The van der Waals surface area contributed by atoms with Crippen LogP contribution in [0.3, 0.4) is 0 Å². The molecule has 2 aliphatic heterocycles. The minimum Gasteiger partial charge on any atom is -0.394 e. The molecule has 0 spiro atoms. The minimum atomic E-state index is -1.81. The lowest BCUT2D eigenvalue weighted by Crippen LogP contribution is -2.65. The maximum atomic E-state index is 13.3. The Balaban J connectivity index is 1.76. The molecule has 2 fully saturated rings. The number of nitrogens with one attached hydrogen (secondary N) is 1. The summed E-state index contributed by atoms with van der Waals surface area (Å²) in [6.07, 6.45) is 65.7. The zero-order valence-electron chi connectivity index (χ0n) is 51.8. The van der Waals surface area contributed by atoms with Gasteiger partial charge >= 0.3 is 0 Å². The SMILES string of the molecule is CC/C=C\C/C=C\C/C=C\C/C=C\C/C=C\C/C=C\C/C=C\C/C=C\C/C=C\C/C=C\CCCCC(=O)NC(COC1OC(CO)C(OC2OC(CO)C(O)C(O)C2O)C(O)C1O)C(O)/C=C/CC/C=C/CC/C=C/CCCCCCCCCC. The second-order valence-electron chi connectivity index (χ2n) is 21.8. The van der Waals surface area contributed by atoms with Crippen LogP contribution in [0.15, 0.2) is 158 Å². The van der Waals surface area contributed by atoms with Gasteiger partial charge < -0.3 is 65.1 Å². The summed E-state index contributed by atoms with van der Waals surface area (Å²) >= 11 is 0. The van der Waals surface area contributed by atoms with Gasteiger partial charge in [0.05, 0.1) is 32.0 Å². The normalized spacial score (nSPS) is 24.6. The average molecular weight is 1190 g/mol. The largest absolute Gasteiger partial charge is 0.394 e. The fourth-order valence-electron chi connectivity index (χ4n) is 9.29. The quantitative estimate of drug-likeness (QED) is 0.0204. The fraction of sp³-hybridized carbons (Fsp3) is 0.620. The number of amides is 1. The van der Waals surface area contributed by atoms with Crippen LogP contribution in [0.1, 0.15) is 187 Å². The van der Waals surface area contributed by atoms with Crippen LogP contribution in [0.2, 0.25) is 0 Å². The molecule has 12 atom stereocenters. The van der Waals surface area contributed by atoms with Crippen molar-refractivity contribution < 1.29 is 64.6 Å². The Bertz CT molecular complexity index is 2030. The lowest BCUT2D eigenvalue weighted by molar-refractivity contribution is -0.359. The number of ether oxygens (including phenoxy) is 4. The highest BCUT2D eigenvalue weighted by Gasteiger charge is 2.51. The zero-order valence-corrected chi connectivity index (χ0v) is 51.8. The molecule has 2 heterocycles. The van der Waals surface area contributed by atoms with E-state index < -0.39 is 86.8 Å². The van der Waals surface area contributed by atoms with Crippen molar-refractivity contribution in [3.63, 3.8) is 0 Å². The number of hydrogen-bond acceptors (Lipinski definition) is 13.